The van der Waals surface area contributed by atoms with Crippen LogP contribution in [0.15, 0.2) is 77.6 Å². The number of imidazole rings is 1. The number of aliphatic imine (C=N–C) groups is 1. The fourth-order valence-corrected chi connectivity index (χ4v) is 6.53. The maximum atomic E-state index is 14.1. The summed E-state index contributed by atoms with van der Waals surface area (Å²) < 4.78 is 16.4. The molecule has 1 fully saturated rings. The van der Waals surface area contributed by atoms with Crippen LogP contribution < -0.4 is 10.6 Å². The van der Waals surface area contributed by atoms with E-state index in [9.17, 15) is 9.18 Å². The number of likely N-dealkylation sites (tertiary alicyclic amines) is 1. The lowest BCUT2D eigenvalue weighted by atomic mass is 9.93. The molecule has 0 unspecified atom stereocenters. The Morgan fingerprint density at radius 2 is 1.96 bits per heavy atom. The monoisotopic (exact) mass is 696 g/mol. The summed E-state index contributed by atoms with van der Waals surface area (Å²) in [4.78, 5) is 34.1. The Kier molecular flexibility index (Phi) is 12.7. The first-order chi connectivity index (χ1) is 24.2. The summed E-state index contributed by atoms with van der Waals surface area (Å²) in [5.74, 6) is 0.957. The van der Waals surface area contributed by atoms with Gasteiger partial charge in [-0.1, -0.05) is 49.7 Å². The van der Waals surface area contributed by atoms with E-state index < -0.39 is 0 Å². The fourth-order valence-electron chi connectivity index (χ4n) is 6.37. The van der Waals surface area contributed by atoms with Crippen LogP contribution in [0.1, 0.15) is 73.9 Å². The van der Waals surface area contributed by atoms with Gasteiger partial charge in [-0.2, -0.15) is 0 Å². The van der Waals surface area contributed by atoms with Crippen molar-refractivity contribution in [1.29, 1.82) is 0 Å². The Labute approximate surface area is 299 Å². The molecule has 1 saturated heterocycles. The quantitative estimate of drug-likeness (QED) is 0.101. The Morgan fingerprint density at radius 1 is 1.16 bits per heavy atom. The predicted molar refractivity (Wildman–Crippen MR) is 203 cm³/mol. The smallest absolute Gasteiger partial charge is 0.258 e. The Hall–Kier alpha value is -4.67. The van der Waals surface area contributed by atoms with Crippen LogP contribution in [0.3, 0.4) is 0 Å². The van der Waals surface area contributed by atoms with Gasteiger partial charge in [0, 0.05) is 35.8 Å². The summed E-state index contributed by atoms with van der Waals surface area (Å²) in [6.45, 7) is 13.4. The number of nitrogens with one attached hydrogen (secondary N) is 2. The molecule has 2 aromatic carbocycles. The minimum absolute atomic E-state index is 0.252. The highest BCUT2D eigenvalue weighted by Crippen LogP contribution is 2.28. The minimum Gasteiger partial charge on any atom is -0.385 e. The highest BCUT2D eigenvalue weighted by Gasteiger charge is 2.24. The molecule has 3 heterocycles. The molecule has 50 heavy (non-hydrogen) atoms. The molecule has 4 aromatic rings. The van der Waals surface area contributed by atoms with E-state index in [-0.39, 0.29) is 17.7 Å². The van der Waals surface area contributed by atoms with Gasteiger partial charge in [-0.05, 0) is 106 Å². The van der Waals surface area contributed by atoms with E-state index in [1.54, 1.807) is 18.3 Å². The molecule has 262 valence electrons. The third-order valence-corrected chi connectivity index (χ3v) is 9.25. The number of aromatic nitrogens is 4. The number of rotatable bonds is 14. The number of carbonyl (C=O) groups excluding carboxylic acids is 1. The third-order valence-electron chi connectivity index (χ3n) is 9.01. The van der Waals surface area contributed by atoms with Crippen molar-refractivity contribution in [1.82, 2.24) is 24.4 Å². The SMILES string of the molecule is C=N/C(=C\C=C/Cc1ccc(Cl)cc1F)C1CCN(Cc2nc3cc(C(=O)Nc4ncc(NC)c(/C(C)=C/CC)n4)ccc3n2CCC)CC1. The number of carbonyl (C=O) groups is 1. The number of benzene rings is 2. The number of nitrogens with zero attached hydrogens (tertiary/aromatic N) is 6. The number of amides is 1. The van der Waals surface area contributed by atoms with Crippen molar-refractivity contribution in [3.63, 3.8) is 0 Å². The first-order valence-electron chi connectivity index (χ1n) is 17.3. The molecule has 0 saturated carbocycles. The number of piperidine rings is 1. The maximum absolute atomic E-state index is 14.1. The van der Waals surface area contributed by atoms with Gasteiger partial charge in [0.1, 0.15) is 11.6 Å². The van der Waals surface area contributed by atoms with Gasteiger partial charge in [0.15, 0.2) is 0 Å². The van der Waals surface area contributed by atoms with Crippen molar-refractivity contribution >= 4 is 52.5 Å². The van der Waals surface area contributed by atoms with Crippen molar-refractivity contribution < 1.29 is 9.18 Å². The second kappa shape index (κ2) is 17.3. The third kappa shape index (κ3) is 8.91. The zero-order valence-corrected chi connectivity index (χ0v) is 30.1. The van der Waals surface area contributed by atoms with Crippen molar-refractivity contribution in [2.24, 2.45) is 10.9 Å². The summed E-state index contributed by atoms with van der Waals surface area (Å²) in [6, 6.07) is 10.4. The molecule has 0 spiro atoms. The van der Waals surface area contributed by atoms with Crippen LogP contribution >= 0.6 is 11.6 Å². The Bertz CT molecular complexity index is 1920. The van der Waals surface area contributed by atoms with Crippen LogP contribution in [0, 0.1) is 11.7 Å². The molecule has 0 radical (unpaired) electrons. The fraction of sp³-hybridized carbons (Fsp3) is 0.359. The molecule has 0 aliphatic carbocycles. The number of hydrogen-bond donors (Lipinski definition) is 2. The lowest BCUT2D eigenvalue weighted by Gasteiger charge is -2.31. The molecule has 11 heteroatoms. The summed E-state index contributed by atoms with van der Waals surface area (Å²) in [5.41, 5.74) is 6.43. The average Bonchev–Trinajstić information content (AvgIpc) is 3.45. The first kappa shape index (κ1) is 36.6. The van der Waals surface area contributed by atoms with Gasteiger partial charge in [-0.3, -0.25) is 20.0 Å². The van der Waals surface area contributed by atoms with E-state index in [2.05, 4.69) is 61.7 Å². The van der Waals surface area contributed by atoms with Gasteiger partial charge in [0.05, 0.1) is 35.2 Å². The van der Waals surface area contributed by atoms with E-state index in [0.717, 1.165) is 91.4 Å². The number of allylic oxidation sites excluding steroid dienone is 6. The van der Waals surface area contributed by atoms with E-state index >= 15 is 0 Å². The summed E-state index contributed by atoms with van der Waals surface area (Å²) >= 11 is 5.87. The molecular formula is C39H46ClFN8O. The van der Waals surface area contributed by atoms with Gasteiger partial charge in [0.2, 0.25) is 5.95 Å². The highest BCUT2D eigenvalue weighted by atomic mass is 35.5. The van der Waals surface area contributed by atoms with Crippen molar-refractivity contribution in [3.05, 3.63) is 106 Å². The molecule has 2 aromatic heterocycles. The molecule has 1 aliphatic rings. The second-order valence-corrected chi connectivity index (χ2v) is 12.9. The van der Waals surface area contributed by atoms with Crippen molar-refractivity contribution in [2.45, 2.75) is 66.0 Å². The molecule has 9 nitrogen and oxygen atoms in total. The van der Waals surface area contributed by atoms with Crippen LogP contribution in [0.2, 0.25) is 5.02 Å². The molecule has 5 rings (SSSR count). The van der Waals surface area contributed by atoms with Gasteiger partial charge in [-0.25, -0.2) is 19.3 Å². The van der Waals surface area contributed by atoms with Crippen LogP contribution in [0.5, 0.6) is 0 Å². The Balaban J connectivity index is 1.24. The second-order valence-electron chi connectivity index (χ2n) is 12.5. The normalized spacial score (nSPS) is 14.8. The van der Waals surface area contributed by atoms with Gasteiger partial charge >= 0.3 is 0 Å². The van der Waals surface area contributed by atoms with Crippen LogP contribution in [-0.4, -0.2) is 57.2 Å². The van der Waals surface area contributed by atoms with E-state index in [1.165, 1.54) is 6.07 Å². The number of hydrogen-bond acceptors (Lipinski definition) is 7. The molecule has 0 atom stereocenters. The standard InChI is InChI=1S/C39H46ClFN8O/c1-6-10-26(3)37-34(43-5)24-44-39(46-37)47-38(50)29-14-16-35-33(22-29)45-36(49(35)19-7-2)25-48-20-17-28(18-21-48)32(42-4)12-9-8-11-27-13-15-30(40)23-31(27)41/h8-10,12-16,22-24,28,43H,4,6-7,11,17-21,25H2,1-3,5H3,(H,44,46,47,50)/b9-8-,26-10+,32-12-. The van der Waals surface area contributed by atoms with Gasteiger partial charge in [-0.15, -0.1) is 0 Å². The first-order valence-corrected chi connectivity index (χ1v) is 17.6. The molecule has 1 aliphatic heterocycles. The van der Waals surface area contributed by atoms with Crippen LogP contribution in [0.4, 0.5) is 16.0 Å². The Morgan fingerprint density at radius 3 is 2.66 bits per heavy atom. The minimum atomic E-state index is -0.301. The number of aryl methyl sites for hydroxylation is 1. The number of fused-ring (bicyclic) bond motifs is 1. The van der Waals surface area contributed by atoms with Crippen LogP contribution in [-0.2, 0) is 19.5 Å². The molecular weight excluding hydrogens is 651 g/mol. The lowest BCUT2D eigenvalue weighted by molar-refractivity contribution is 0.102. The lowest BCUT2D eigenvalue weighted by Crippen LogP contribution is -2.34. The highest BCUT2D eigenvalue weighted by molar-refractivity contribution is 6.30. The predicted octanol–water partition coefficient (Wildman–Crippen LogP) is 8.73. The molecule has 0 bridgehead atoms. The van der Waals surface area contributed by atoms with Crippen molar-refractivity contribution in [2.75, 3.05) is 30.8 Å². The average molecular weight is 697 g/mol. The molecule has 2 N–H and O–H groups in total. The van der Waals surface area contributed by atoms with Gasteiger partial charge in [0.25, 0.3) is 5.91 Å². The van der Waals surface area contributed by atoms with E-state index in [0.29, 0.717) is 28.5 Å². The summed E-state index contributed by atoms with van der Waals surface area (Å²) in [6.07, 6.45) is 13.9. The molecule has 1 amide bonds. The van der Waals surface area contributed by atoms with Crippen molar-refractivity contribution in [3.8, 4) is 0 Å². The van der Waals surface area contributed by atoms with Gasteiger partial charge < -0.3 is 9.88 Å². The zero-order valence-electron chi connectivity index (χ0n) is 29.3. The summed E-state index contributed by atoms with van der Waals surface area (Å²) in [7, 11) is 1.83. The maximum Gasteiger partial charge on any atom is 0.258 e. The summed E-state index contributed by atoms with van der Waals surface area (Å²) in [5, 5.41) is 6.39. The van der Waals surface area contributed by atoms with E-state index in [1.807, 2.05) is 50.4 Å². The number of anilines is 2. The van der Waals surface area contributed by atoms with E-state index in [4.69, 9.17) is 16.6 Å². The van der Waals surface area contributed by atoms with Crippen LogP contribution in [0.25, 0.3) is 16.6 Å². The largest absolute Gasteiger partial charge is 0.385 e. The number of halogens is 2. The topological polar surface area (TPSA) is 100 Å². The zero-order chi connectivity index (χ0) is 35.6.